The van der Waals surface area contributed by atoms with Crippen molar-refractivity contribution >= 4 is 5.91 Å². The smallest absolute Gasteiger partial charge is 0.255 e. The molecule has 0 spiro atoms. The van der Waals surface area contributed by atoms with Gasteiger partial charge in [-0.1, -0.05) is 12.1 Å². The number of hydrogen-bond donors (Lipinski definition) is 1. The maximum Gasteiger partial charge on any atom is 0.255 e. The molecule has 2 bridgehead atoms. The van der Waals surface area contributed by atoms with Crippen LogP contribution in [0.25, 0.3) is 5.69 Å². The van der Waals surface area contributed by atoms with Gasteiger partial charge in [0.25, 0.3) is 11.5 Å². The molecule has 1 atom stereocenters. The molecule has 4 heterocycles. The molecular formula is C19H20FN3O2. The molecule has 0 radical (unpaired) electrons. The van der Waals surface area contributed by atoms with Crippen molar-refractivity contribution < 1.29 is 9.18 Å². The number of hydrogen-bond acceptors (Lipinski definition) is 3. The summed E-state index contributed by atoms with van der Waals surface area (Å²) in [6.45, 7) is 3.09. The van der Waals surface area contributed by atoms with E-state index in [9.17, 15) is 14.0 Å². The number of piperidine rings is 3. The maximum atomic E-state index is 14.0. The van der Waals surface area contributed by atoms with E-state index < -0.39 is 5.82 Å². The molecule has 3 saturated heterocycles. The number of fused-ring (bicyclic) bond motifs is 3. The first-order valence-electron chi connectivity index (χ1n) is 8.62. The first-order valence-corrected chi connectivity index (χ1v) is 8.62. The summed E-state index contributed by atoms with van der Waals surface area (Å²) in [5, 5.41) is 3.09. The van der Waals surface area contributed by atoms with Gasteiger partial charge in [-0.2, -0.15) is 0 Å². The molecule has 1 aromatic carbocycles. The van der Waals surface area contributed by atoms with E-state index in [0.717, 1.165) is 32.5 Å². The lowest BCUT2D eigenvalue weighted by Gasteiger charge is -2.44. The highest BCUT2D eigenvalue weighted by atomic mass is 19.1. The molecule has 1 amide bonds. The molecule has 130 valence electrons. The maximum absolute atomic E-state index is 14.0. The number of para-hydroxylation sites is 1. The Balaban J connectivity index is 1.59. The Kier molecular flexibility index (Phi) is 4.13. The second-order valence-corrected chi connectivity index (χ2v) is 6.80. The molecule has 3 fully saturated rings. The van der Waals surface area contributed by atoms with Crippen molar-refractivity contribution in [1.82, 2.24) is 14.8 Å². The molecule has 0 aliphatic carbocycles. The van der Waals surface area contributed by atoms with Crippen LogP contribution in [-0.2, 0) is 0 Å². The predicted molar refractivity (Wildman–Crippen MR) is 92.4 cm³/mol. The van der Waals surface area contributed by atoms with E-state index in [-0.39, 0.29) is 23.2 Å². The van der Waals surface area contributed by atoms with Crippen LogP contribution in [0.5, 0.6) is 0 Å². The van der Waals surface area contributed by atoms with E-state index in [1.165, 1.54) is 35.0 Å². The molecule has 2 aromatic rings. The third kappa shape index (κ3) is 3.09. The summed E-state index contributed by atoms with van der Waals surface area (Å²) in [7, 11) is 0. The highest BCUT2D eigenvalue weighted by Gasteiger charge is 2.35. The van der Waals surface area contributed by atoms with Crippen molar-refractivity contribution in [1.29, 1.82) is 0 Å². The first kappa shape index (κ1) is 16.0. The lowest BCUT2D eigenvalue weighted by atomic mass is 9.84. The van der Waals surface area contributed by atoms with Crippen molar-refractivity contribution in [2.45, 2.75) is 18.9 Å². The zero-order chi connectivity index (χ0) is 17.4. The monoisotopic (exact) mass is 341 g/mol. The van der Waals surface area contributed by atoms with Crippen LogP contribution in [0.1, 0.15) is 23.2 Å². The minimum Gasteiger partial charge on any atom is -0.348 e. The van der Waals surface area contributed by atoms with Crippen LogP contribution in [0.15, 0.2) is 47.4 Å². The number of amides is 1. The van der Waals surface area contributed by atoms with Crippen LogP contribution in [0.2, 0.25) is 0 Å². The number of benzene rings is 1. The summed E-state index contributed by atoms with van der Waals surface area (Å²) in [5.74, 6) is -0.199. The molecule has 1 unspecified atom stereocenters. The highest BCUT2D eigenvalue weighted by molar-refractivity contribution is 5.94. The van der Waals surface area contributed by atoms with Gasteiger partial charge in [0.2, 0.25) is 0 Å². The number of aromatic nitrogens is 1. The van der Waals surface area contributed by atoms with Crippen LogP contribution >= 0.6 is 0 Å². The SMILES string of the molecule is O=C(NC1CN2CCC1CC2)c1ccc(=O)n(-c2ccccc2F)c1. The van der Waals surface area contributed by atoms with Crippen LogP contribution in [0.3, 0.4) is 0 Å². The van der Waals surface area contributed by atoms with Gasteiger partial charge in [-0.3, -0.25) is 14.2 Å². The number of halogens is 1. The normalized spacial score (nSPS) is 24.9. The average Bonchev–Trinajstić information content (AvgIpc) is 2.64. The standard InChI is InChI=1S/C19H20FN3O2/c20-15-3-1-2-4-17(15)23-11-14(5-6-18(23)24)19(25)21-16-12-22-9-7-13(16)8-10-22/h1-6,11,13,16H,7-10,12H2,(H,21,25). The Bertz CT molecular complexity index is 856. The Hall–Kier alpha value is -2.47. The third-order valence-corrected chi connectivity index (χ3v) is 5.26. The molecule has 3 aliphatic heterocycles. The summed E-state index contributed by atoms with van der Waals surface area (Å²) >= 11 is 0. The fraction of sp³-hybridized carbons (Fsp3) is 0.368. The molecule has 0 saturated carbocycles. The van der Waals surface area contributed by atoms with E-state index in [1.807, 2.05) is 0 Å². The second-order valence-electron chi connectivity index (χ2n) is 6.80. The number of pyridine rings is 1. The van der Waals surface area contributed by atoms with Crippen LogP contribution in [0, 0.1) is 11.7 Å². The van der Waals surface area contributed by atoms with Gasteiger partial charge in [0.15, 0.2) is 0 Å². The van der Waals surface area contributed by atoms with Crippen molar-refractivity contribution in [3.63, 3.8) is 0 Å². The van der Waals surface area contributed by atoms with Gasteiger partial charge in [0, 0.05) is 24.8 Å². The molecule has 1 aromatic heterocycles. The summed E-state index contributed by atoms with van der Waals surface area (Å²) in [5.41, 5.74) is 0.133. The number of rotatable bonds is 3. The summed E-state index contributed by atoms with van der Waals surface area (Å²) in [6.07, 6.45) is 3.64. The van der Waals surface area contributed by atoms with Gasteiger partial charge in [-0.25, -0.2) is 4.39 Å². The topological polar surface area (TPSA) is 54.3 Å². The summed E-state index contributed by atoms with van der Waals surface area (Å²) in [4.78, 5) is 27.1. The quantitative estimate of drug-likeness (QED) is 0.926. The van der Waals surface area contributed by atoms with E-state index in [2.05, 4.69) is 10.2 Å². The van der Waals surface area contributed by atoms with Gasteiger partial charge >= 0.3 is 0 Å². The van der Waals surface area contributed by atoms with Crippen molar-refractivity contribution in [3.05, 3.63) is 64.3 Å². The average molecular weight is 341 g/mol. The molecule has 5 nitrogen and oxygen atoms in total. The Morgan fingerprint density at radius 3 is 2.56 bits per heavy atom. The first-order chi connectivity index (χ1) is 12.1. The van der Waals surface area contributed by atoms with E-state index in [0.29, 0.717) is 11.5 Å². The Morgan fingerprint density at radius 1 is 1.12 bits per heavy atom. The minimum atomic E-state index is -0.500. The largest absolute Gasteiger partial charge is 0.348 e. The number of carbonyl (C=O) groups is 1. The fourth-order valence-electron chi connectivity index (χ4n) is 3.84. The Morgan fingerprint density at radius 2 is 1.88 bits per heavy atom. The second kappa shape index (κ2) is 6.44. The molecule has 25 heavy (non-hydrogen) atoms. The molecule has 6 heteroatoms. The predicted octanol–water partition coefficient (Wildman–Crippen LogP) is 1.80. The van der Waals surface area contributed by atoms with Gasteiger partial charge in [-0.05, 0) is 50.0 Å². The van der Waals surface area contributed by atoms with Crippen LogP contribution in [0.4, 0.5) is 4.39 Å². The Labute approximate surface area is 145 Å². The minimum absolute atomic E-state index is 0.142. The number of nitrogens with one attached hydrogen (secondary N) is 1. The molecule has 5 rings (SSSR count). The summed E-state index contributed by atoms with van der Waals surface area (Å²) < 4.78 is 15.2. The highest BCUT2D eigenvalue weighted by Crippen LogP contribution is 2.27. The van der Waals surface area contributed by atoms with Gasteiger partial charge in [0.05, 0.1) is 11.3 Å². The van der Waals surface area contributed by atoms with Crippen molar-refractivity contribution in [2.24, 2.45) is 5.92 Å². The zero-order valence-corrected chi connectivity index (χ0v) is 13.8. The lowest BCUT2D eigenvalue weighted by Crippen LogP contribution is -2.57. The van der Waals surface area contributed by atoms with E-state index in [4.69, 9.17) is 0 Å². The zero-order valence-electron chi connectivity index (χ0n) is 13.8. The lowest BCUT2D eigenvalue weighted by molar-refractivity contribution is 0.0620. The third-order valence-electron chi connectivity index (χ3n) is 5.26. The molecule has 3 aliphatic rings. The van der Waals surface area contributed by atoms with Gasteiger partial charge in [0.1, 0.15) is 5.82 Å². The summed E-state index contributed by atoms with van der Waals surface area (Å²) in [6, 6.07) is 8.98. The van der Waals surface area contributed by atoms with Crippen molar-refractivity contribution in [3.8, 4) is 5.69 Å². The van der Waals surface area contributed by atoms with E-state index >= 15 is 0 Å². The fourth-order valence-corrected chi connectivity index (χ4v) is 3.84. The van der Waals surface area contributed by atoms with Gasteiger partial charge in [-0.15, -0.1) is 0 Å². The molecular weight excluding hydrogens is 321 g/mol. The van der Waals surface area contributed by atoms with Gasteiger partial charge < -0.3 is 10.2 Å². The van der Waals surface area contributed by atoms with Crippen molar-refractivity contribution in [2.75, 3.05) is 19.6 Å². The van der Waals surface area contributed by atoms with Crippen LogP contribution < -0.4 is 10.9 Å². The van der Waals surface area contributed by atoms with E-state index in [1.54, 1.807) is 12.1 Å². The number of carbonyl (C=O) groups excluding carboxylic acids is 1. The van der Waals surface area contributed by atoms with Crippen LogP contribution in [-0.4, -0.2) is 41.1 Å². The number of nitrogens with zero attached hydrogens (tertiary/aromatic N) is 2. The molecule has 1 N–H and O–H groups in total.